The minimum Gasteiger partial charge on any atom is -0.495 e. The summed E-state index contributed by atoms with van der Waals surface area (Å²) >= 11 is 7.12. The zero-order chi connectivity index (χ0) is 23.7. The lowest BCUT2D eigenvalue weighted by Gasteiger charge is -2.14. The van der Waals surface area contributed by atoms with Gasteiger partial charge in [-0.15, -0.1) is 0 Å². The maximum absolute atomic E-state index is 13.0. The predicted molar refractivity (Wildman–Crippen MR) is 129 cm³/mol. The predicted octanol–water partition coefficient (Wildman–Crippen LogP) is 5.86. The molecule has 4 rings (SSSR count). The van der Waals surface area contributed by atoms with E-state index in [9.17, 15) is 14.9 Å². The smallest absolute Gasteiger partial charge is 0.293 e. The van der Waals surface area contributed by atoms with Gasteiger partial charge >= 0.3 is 0 Å². The zero-order valence-corrected chi connectivity index (χ0v) is 19.8. The molecule has 33 heavy (non-hydrogen) atoms. The molecule has 1 fully saturated rings. The number of nitrogens with zero attached hydrogens (tertiary/aromatic N) is 3. The molecule has 0 atom stereocenters. The average Bonchev–Trinajstić information content (AvgIpc) is 3.23. The summed E-state index contributed by atoms with van der Waals surface area (Å²) < 4.78 is 7.50. The molecule has 2 aromatic carbocycles. The largest absolute Gasteiger partial charge is 0.495 e. The first kappa shape index (κ1) is 22.7. The van der Waals surface area contributed by atoms with Gasteiger partial charge in [0.05, 0.1) is 35.9 Å². The van der Waals surface area contributed by atoms with E-state index in [0.717, 1.165) is 34.4 Å². The van der Waals surface area contributed by atoms with Crippen LogP contribution in [-0.2, 0) is 11.3 Å². The Morgan fingerprint density at radius 3 is 2.64 bits per heavy atom. The highest BCUT2D eigenvalue weighted by Gasteiger charge is 2.35. The van der Waals surface area contributed by atoms with Crippen molar-refractivity contribution in [1.29, 1.82) is 5.26 Å². The Balaban J connectivity index is 1.68. The van der Waals surface area contributed by atoms with Crippen LogP contribution >= 0.6 is 23.4 Å². The number of carbonyl (C=O) groups is 2. The third kappa shape index (κ3) is 4.28. The van der Waals surface area contributed by atoms with E-state index in [1.807, 2.05) is 30.5 Å². The SMILES string of the molecule is COc1ccc(Cl)cc1-n1c(C)cc(/C=C2/SC(=O)N(Cc3ccccc3C#N)C2=O)c1C. The van der Waals surface area contributed by atoms with Gasteiger partial charge in [0, 0.05) is 16.4 Å². The second-order valence-corrected chi connectivity index (χ2v) is 8.94. The Morgan fingerprint density at radius 1 is 1.15 bits per heavy atom. The van der Waals surface area contributed by atoms with E-state index in [0.29, 0.717) is 26.8 Å². The number of amides is 2. The highest BCUT2D eigenvalue weighted by atomic mass is 35.5. The van der Waals surface area contributed by atoms with Gasteiger partial charge in [0.1, 0.15) is 5.75 Å². The van der Waals surface area contributed by atoms with E-state index in [1.54, 1.807) is 49.6 Å². The summed E-state index contributed by atoms with van der Waals surface area (Å²) in [5, 5.41) is 9.53. The number of thioether (sulfide) groups is 1. The molecule has 1 saturated heterocycles. The highest BCUT2D eigenvalue weighted by Crippen LogP contribution is 2.36. The fourth-order valence-corrected chi connectivity index (χ4v) is 4.85. The molecule has 0 aliphatic carbocycles. The first-order valence-corrected chi connectivity index (χ1v) is 11.3. The fraction of sp³-hybridized carbons (Fsp3) is 0.160. The van der Waals surface area contributed by atoms with Crippen molar-refractivity contribution in [2.45, 2.75) is 20.4 Å². The Hall–Kier alpha value is -3.47. The molecular formula is C25H20ClN3O3S. The van der Waals surface area contributed by atoms with Crippen LogP contribution in [0, 0.1) is 25.2 Å². The number of aromatic nitrogens is 1. The number of hydrogen-bond acceptors (Lipinski definition) is 5. The number of methoxy groups -OCH3 is 1. The van der Waals surface area contributed by atoms with Crippen molar-refractivity contribution < 1.29 is 14.3 Å². The quantitative estimate of drug-likeness (QED) is 0.430. The van der Waals surface area contributed by atoms with Gasteiger partial charge in [-0.3, -0.25) is 14.5 Å². The van der Waals surface area contributed by atoms with Gasteiger partial charge in [0.25, 0.3) is 11.1 Å². The monoisotopic (exact) mass is 477 g/mol. The van der Waals surface area contributed by atoms with Gasteiger partial charge in [-0.2, -0.15) is 5.26 Å². The second-order valence-electron chi connectivity index (χ2n) is 7.51. The number of carbonyl (C=O) groups excluding carboxylic acids is 2. The Labute approximate surface area is 201 Å². The van der Waals surface area contributed by atoms with E-state index in [2.05, 4.69) is 6.07 Å². The van der Waals surface area contributed by atoms with Crippen molar-refractivity contribution in [2.24, 2.45) is 0 Å². The molecule has 1 aromatic heterocycles. The molecule has 166 valence electrons. The van der Waals surface area contributed by atoms with Crippen LogP contribution in [0.15, 0.2) is 53.4 Å². The van der Waals surface area contributed by atoms with Crippen molar-refractivity contribution in [2.75, 3.05) is 7.11 Å². The lowest BCUT2D eigenvalue weighted by atomic mass is 10.1. The minimum absolute atomic E-state index is 0.0600. The maximum atomic E-state index is 13.0. The van der Waals surface area contributed by atoms with Gasteiger partial charge in [0.2, 0.25) is 0 Å². The van der Waals surface area contributed by atoms with Crippen LogP contribution in [0.1, 0.15) is 28.1 Å². The molecule has 0 radical (unpaired) electrons. The van der Waals surface area contributed by atoms with Crippen LogP contribution < -0.4 is 4.74 Å². The van der Waals surface area contributed by atoms with E-state index in [1.165, 1.54) is 4.90 Å². The van der Waals surface area contributed by atoms with E-state index in [-0.39, 0.29) is 17.7 Å². The average molecular weight is 478 g/mol. The van der Waals surface area contributed by atoms with Gasteiger partial charge in [-0.25, -0.2) is 0 Å². The van der Waals surface area contributed by atoms with Gasteiger partial charge in [-0.1, -0.05) is 29.8 Å². The summed E-state index contributed by atoms with van der Waals surface area (Å²) in [7, 11) is 1.60. The molecule has 6 nitrogen and oxygen atoms in total. The number of nitriles is 1. The molecule has 0 spiro atoms. The van der Waals surface area contributed by atoms with Gasteiger partial charge in [0.15, 0.2) is 0 Å². The standard InChI is InChI=1S/C25H20ClN3O3S/c1-15-10-19(16(2)29(15)21-12-20(26)8-9-22(21)32-3)11-23-24(30)28(25(31)33-23)14-18-7-5-4-6-17(18)13-27/h4-12H,14H2,1-3H3/b23-11+. The van der Waals surface area contributed by atoms with Crippen molar-refractivity contribution in [3.8, 4) is 17.5 Å². The summed E-state index contributed by atoms with van der Waals surface area (Å²) in [5.41, 5.74) is 4.50. The Morgan fingerprint density at radius 2 is 1.91 bits per heavy atom. The zero-order valence-electron chi connectivity index (χ0n) is 18.3. The number of benzene rings is 2. The summed E-state index contributed by atoms with van der Waals surface area (Å²) in [6.45, 7) is 3.95. The number of hydrogen-bond donors (Lipinski definition) is 0. The summed E-state index contributed by atoms with van der Waals surface area (Å²) in [6.07, 6.45) is 1.73. The molecule has 1 aliphatic heterocycles. The molecule has 0 saturated carbocycles. The van der Waals surface area contributed by atoms with Crippen LogP contribution in [0.4, 0.5) is 4.79 Å². The van der Waals surface area contributed by atoms with Crippen LogP contribution in [0.25, 0.3) is 11.8 Å². The van der Waals surface area contributed by atoms with E-state index in [4.69, 9.17) is 16.3 Å². The normalized spacial score (nSPS) is 14.8. The lowest BCUT2D eigenvalue weighted by molar-refractivity contribution is -0.123. The van der Waals surface area contributed by atoms with E-state index >= 15 is 0 Å². The van der Waals surface area contributed by atoms with Gasteiger partial charge < -0.3 is 9.30 Å². The number of halogens is 1. The summed E-state index contributed by atoms with van der Waals surface area (Å²) in [5.74, 6) is 0.298. The van der Waals surface area contributed by atoms with Crippen LogP contribution in [-0.4, -0.2) is 27.7 Å². The molecular weight excluding hydrogens is 458 g/mol. The third-order valence-corrected chi connectivity index (χ3v) is 6.62. The van der Waals surface area contributed by atoms with Crippen LogP contribution in [0.2, 0.25) is 5.02 Å². The summed E-state index contributed by atoms with van der Waals surface area (Å²) in [4.78, 5) is 27.1. The van der Waals surface area contributed by atoms with Crippen molar-refractivity contribution in [1.82, 2.24) is 9.47 Å². The minimum atomic E-state index is -0.372. The number of aryl methyl sites for hydroxylation is 1. The van der Waals surface area contributed by atoms with Crippen molar-refractivity contribution in [3.05, 3.63) is 86.5 Å². The van der Waals surface area contributed by atoms with Crippen LogP contribution in [0.5, 0.6) is 5.75 Å². The molecule has 2 amide bonds. The molecule has 0 unspecified atom stereocenters. The molecule has 8 heteroatoms. The lowest BCUT2D eigenvalue weighted by Crippen LogP contribution is -2.27. The summed E-state index contributed by atoms with van der Waals surface area (Å²) in [6, 6.07) is 16.4. The maximum Gasteiger partial charge on any atom is 0.293 e. The number of ether oxygens (including phenoxy) is 1. The third-order valence-electron chi connectivity index (χ3n) is 5.48. The van der Waals surface area contributed by atoms with Crippen molar-refractivity contribution in [3.63, 3.8) is 0 Å². The second kappa shape index (κ2) is 9.18. The Kier molecular flexibility index (Phi) is 6.32. The van der Waals surface area contributed by atoms with Crippen molar-refractivity contribution >= 4 is 40.6 Å². The fourth-order valence-electron chi connectivity index (χ4n) is 3.86. The first-order chi connectivity index (χ1) is 15.8. The van der Waals surface area contributed by atoms with Gasteiger partial charge in [-0.05, 0) is 73.1 Å². The van der Waals surface area contributed by atoms with Crippen LogP contribution in [0.3, 0.4) is 0 Å². The van der Waals surface area contributed by atoms with E-state index < -0.39 is 0 Å². The molecule has 0 N–H and O–H groups in total. The highest BCUT2D eigenvalue weighted by molar-refractivity contribution is 8.18. The number of imide groups is 1. The molecule has 1 aliphatic rings. The molecule has 0 bridgehead atoms. The Bertz CT molecular complexity index is 1350. The molecule has 3 aromatic rings. The molecule has 2 heterocycles. The first-order valence-electron chi connectivity index (χ1n) is 10.1. The topological polar surface area (TPSA) is 75.3 Å². The number of rotatable bonds is 5.